The molecule has 0 saturated heterocycles. The second-order valence-corrected chi connectivity index (χ2v) is 12.1. The molecule has 3 aliphatic carbocycles. The summed E-state index contributed by atoms with van der Waals surface area (Å²) in [5.41, 5.74) is 0.251. The van der Waals surface area contributed by atoms with Crippen LogP contribution < -0.4 is 5.32 Å². The van der Waals surface area contributed by atoms with Gasteiger partial charge in [-0.05, 0) is 85.9 Å². The maximum Gasteiger partial charge on any atom is 0.255 e. The largest absolute Gasteiger partial charge is 0.390 e. The highest BCUT2D eigenvalue weighted by Crippen LogP contribution is 2.55. The standard InChI is InChI=1S/C24H27ClFNO4S/c1-13(2)19-12-17(5-7-21(19)26)27-23(28)14-4-6-20(25)22(8-14)32(30,31)18-10-15-9-16(11-18)24(15,3)29/h4-8,12-13,15-16,18,29H,9-11H2,1-3H3,(H,27,28). The van der Waals surface area contributed by atoms with Gasteiger partial charge >= 0.3 is 0 Å². The van der Waals surface area contributed by atoms with Gasteiger partial charge in [-0.15, -0.1) is 0 Å². The van der Waals surface area contributed by atoms with Crippen LogP contribution in [-0.2, 0) is 9.84 Å². The van der Waals surface area contributed by atoms with Crippen molar-refractivity contribution in [1.29, 1.82) is 0 Å². The third-order valence-corrected chi connectivity index (χ3v) is 9.79. The number of hydrogen-bond donors (Lipinski definition) is 2. The summed E-state index contributed by atoms with van der Waals surface area (Å²) in [6.45, 7) is 5.48. The van der Waals surface area contributed by atoms with Crippen LogP contribution in [0.1, 0.15) is 61.9 Å². The van der Waals surface area contributed by atoms with Gasteiger partial charge in [0, 0.05) is 11.3 Å². The Morgan fingerprint density at radius 1 is 1.16 bits per heavy atom. The lowest BCUT2D eigenvalue weighted by atomic mass is 9.54. The molecule has 2 unspecified atom stereocenters. The van der Waals surface area contributed by atoms with E-state index in [4.69, 9.17) is 11.6 Å². The highest BCUT2D eigenvalue weighted by molar-refractivity contribution is 7.92. The predicted octanol–water partition coefficient (Wildman–Crippen LogP) is 5.18. The minimum atomic E-state index is -3.77. The topological polar surface area (TPSA) is 83.5 Å². The molecule has 2 aromatic rings. The second-order valence-electron chi connectivity index (χ2n) is 9.48. The number of carbonyl (C=O) groups is 1. The number of aliphatic hydroxyl groups is 1. The molecular formula is C24H27ClFNO4S. The Labute approximate surface area is 192 Å². The summed E-state index contributed by atoms with van der Waals surface area (Å²) in [6, 6.07) is 8.52. The lowest BCUT2D eigenvalue weighted by Gasteiger charge is -2.56. The van der Waals surface area contributed by atoms with Crippen molar-refractivity contribution in [2.24, 2.45) is 11.8 Å². The van der Waals surface area contributed by atoms with Crippen molar-refractivity contribution in [2.45, 2.75) is 61.7 Å². The number of sulfone groups is 1. The first kappa shape index (κ1) is 23.2. The fourth-order valence-electron chi connectivity index (χ4n) is 4.96. The molecule has 32 heavy (non-hydrogen) atoms. The highest BCUT2D eigenvalue weighted by Gasteiger charge is 2.57. The third kappa shape index (κ3) is 3.95. The van der Waals surface area contributed by atoms with Crippen LogP contribution in [0.25, 0.3) is 0 Å². The average molecular weight is 480 g/mol. The average Bonchev–Trinajstić information content (AvgIpc) is 2.74. The quantitative estimate of drug-likeness (QED) is 0.619. The van der Waals surface area contributed by atoms with Crippen LogP contribution in [0, 0.1) is 17.7 Å². The normalized spacial score (nSPS) is 27.2. The van der Waals surface area contributed by atoms with E-state index in [0.29, 0.717) is 24.1 Å². The fraction of sp³-hybridized carbons (Fsp3) is 0.458. The zero-order valence-corrected chi connectivity index (χ0v) is 19.8. The monoisotopic (exact) mass is 479 g/mol. The number of fused-ring (bicyclic) bond motifs is 2. The van der Waals surface area contributed by atoms with Crippen LogP contribution in [0.4, 0.5) is 10.1 Å². The van der Waals surface area contributed by atoms with E-state index in [1.165, 1.54) is 30.3 Å². The second kappa shape index (κ2) is 8.12. The van der Waals surface area contributed by atoms with Gasteiger partial charge in [-0.3, -0.25) is 4.79 Å². The number of nitrogens with one attached hydrogen (secondary N) is 1. The number of rotatable bonds is 5. The Balaban J connectivity index is 1.58. The van der Waals surface area contributed by atoms with E-state index in [2.05, 4.69) is 5.32 Å². The molecule has 2 bridgehead atoms. The molecule has 0 aromatic heterocycles. The van der Waals surface area contributed by atoms with Crippen LogP contribution in [0.2, 0.25) is 5.02 Å². The van der Waals surface area contributed by atoms with Crippen LogP contribution in [-0.4, -0.2) is 30.3 Å². The molecule has 0 heterocycles. The van der Waals surface area contributed by atoms with Gasteiger partial charge in [0.2, 0.25) is 0 Å². The van der Waals surface area contributed by atoms with Gasteiger partial charge in [0.1, 0.15) is 5.82 Å². The van der Waals surface area contributed by atoms with Crippen molar-refractivity contribution in [2.75, 3.05) is 5.32 Å². The maximum atomic E-state index is 14.0. The first-order chi connectivity index (χ1) is 14.9. The molecule has 3 aliphatic rings. The summed E-state index contributed by atoms with van der Waals surface area (Å²) in [5, 5.41) is 12.6. The molecule has 0 radical (unpaired) electrons. The Morgan fingerprint density at radius 3 is 2.41 bits per heavy atom. The van der Waals surface area contributed by atoms with E-state index in [0.717, 1.165) is 6.42 Å². The summed E-state index contributed by atoms with van der Waals surface area (Å²) in [5.74, 6) is -0.988. The molecule has 2 N–H and O–H groups in total. The van der Waals surface area contributed by atoms with Crippen molar-refractivity contribution >= 4 is 33.0 Å². The number of anilines is 1. The van der Waals surface area contributed by atoms with Crippen LogP contribution >= 0.6 is 11.6 Å². The molecule has 3 fully saturated rings. The van der Waals surface area contributed by atoms with Crippen LogP contribution in [0.3, 0.4) is 0 Å². The summed E-state index contributed by atoms with van der Waals surface area (Å²) in [6.07, 6.45) is 1.60. The Bertz CT molecular complexity index is 1160. The summed E-state index contributed by atoms with van der Waals surface area (Å²) < 4.78 is 40.6. The molecule has 172 valence electrons. The number of hydrogen-bond acceptors (Lipinski definition) is 4. The van der Waals surface area contributed by atoms with Crippen molar-refractivity contribution < 1.29 is 22.7 Å². The molecule has 5 nitrogen and oxygen atoms in total. The fourth-order valence-corrected chi connectivity index (χ4v) is 7.36. The minimum absolute atomic E-state index is 0.0417. The maximum absolute atomic E-state index is 14.0. The van der Waals surface area contributed by atoms with Gasteiger partial charge in [0.05, 0.1) is 20.8 Å². The Kier molecular flexibility index (Phi) is 5.89. The molecule has 1 amide bonds. The Hall–Kier alpha value is -1.96. The smallest absolute Gasteiger partial charge is 0.255 e. The van der Waals surface area contributed by atoms with E-state index in [1.807, 2.05) is 13.8 Å². The lowest BCUT2D eigenvalue weighted by Crippen LogP contribution is -2.60. The van der Waals surface area contributed by atoms with E-state index in [9.17, 15) is 22.7 Å². The molecule has 3 saturated carbocycles. The highest BCUT2D eigenvalue weighted by atomic mass is 35.5. The zero-order chi connectivity index (χ0) is 23.4. The van der Waals surface area contributed by atoms with Gasteiger partial charge in [-0.1, -0.05) is 25.4 Å². The molecule has 2 aromatic carbocycles. The van der Waals surface area contributed by atoms with Gasteiger partial charge in [-0.2, -0.15) is 0 Å². The minimum Gasteiger partial charge on any atom is -0.390 e. The van der Waals surface area contributed by atoms with E-state index in [-0.39, 0.29) is 39.1 Å². The van der Waals surface area contributed by atoms with Crippen molar-refractivity contribution in [3.8, 4) is 0 Å². The third-order valence-electron chi connectivity index (χ3n) is 7.13. The zero-order valence-electron chi connectivity index (χ0n) is 18.2. The first-order valence-corrected chi connectivity index (χ1v) is 12.7. The van der Waals surface area contributed by atoms with Gasteiger partial charge < -0.3 is 10.4 Å². The van der Waals surface area contributed by atoms with E-state index >= 15 is 0 Å². The number of benzene rings is 2. The summed E-state index contributed by atoms with van der Waals surface area (Å²) in [7, 11) is -3.77. The van der Waals surface area contributed by atoms with Crippen LogP contribution in [0.15, 0.2) is 41.3 Å². The van der Waals surface area contributed by atoms with Gasteiger partial charge in [0.25, 0.3) is 5.91 Å². The van der Waals surface area contributed by atoms with Gasteiger partial charge in [0.15, 0.2) is 9.84 Å². The van der Waals surface area contributed by atoms with Crippen molar-refractivity contribution in [1.82, 2.24) is 0 Å². The van der Waals surface area contributed by atoms with Crippen molar-refractivity contribution in [3.63, 3.8) is 0 Å². The Morgan fingerprint density at radius 2 is 1.81 bits per heavy atom. The van der Waals surface area contributed by atoms with E-state index in [1.54, 1.807) is 13.0 Å². The molecule has 5 rings (SSSR count). The summed E-state index contributed by atoms with van der Waals surface area (Å²) >= 11 is 6.24. The van der Waals surface area contributed by atoms with Crippen LogP contribution in [0.5, 0.6) is 0 Å². The molecule has 8 heteroatoms. The molecule has 2 atom stereocenters. The van der Waals surface area contributed by atoms with Gasteiger partial charge in [-0.25, -0.2) is 12.8 Å². The molecule has 0 aliphatic heterocycles. The lowest BCUT2D eigenvalue weighted by molar-refractivity contribution is -0.162. The number of carbonyl (C=O) groups excluding carboxylic acids is 1. The molecular weight excluding hydrogens is 453 g/mol. The predicted molar refractivity (Wildman–Crippen MR) is 122 cm³/mol. The van der Waals surface area contributed by atoms with Crippen molar-refractivity contribution in [3.05, 3.63) is 58.4 Å². The first-order valence-electron chi connectivity index (χ1n) is 10.8. The number of amides is 1. The summed E-state index contributed by atoms with van der Waals surface area (Å²) in [4.78, 5) is 12.7. The molecule has 0 spiro atoms. The van der Waals surface area contributed by atoms with E-state index < -0.39 is 26.6 Å². The number of halogens is 2. The SMILES string of the molecule is CC(C)c1cc(NC(=O)c2ccc(Cl)c(S(=O)(=O)C3CC4CC(C3)C4(C)O)c2)ccc1F.